The number of carbonyl (C=O) groups excluding carboxylic acids is 1. The molecule has 4 N–H and O–H groups in total. The van der Waals surface area contributed by atoms with Crippen molar-refractivity contribution in [3.63, 3.8) is 0 Å². The van der Waals surface area contributed by atoms with Gasteiger partial charge in [0, 0.05) is 38.2 Å². The van der Waals surface area contributed by atoms with E-state index in [9.17, 15) is 18.0 Å². The number of aromatic nitrogens is 2. The van der Waals surface area contributed by atoms with Crippen molar-refractivity contribution in [2.45, 2.75) is 57.3 Å². The Morgan fingerprint density at radius 2 is 1.64 bits per heavy atom. The number of benzene rings is 2. The minimum atomic E-state index is -4.45. The Balaban J connectivity index is 1.28. The van der Waals surface area contributed by atoms with Crippen LogP contribution in [0.25, 0.3) is 0 Å². The van der Waals surface area contributed by atoms with Gasteiger partial charge in [-0.15, -0.1) is 0 Å². The maximum atomic E-state index is 13.2. The van der Waals surface area contributed by atoms with Crippen LogP contribution in [0, 0.1) is 5.92 Å². The zero-order chi connectivity index (χ0) is 27.8. The lowest BCUT2D eigenvalue weighted by Gasteiger charge is -2.28. The van der Waals surface area contributed by atoms with Crippen LogP contribution < -0.4 is 21.3 Å². The van der Waals surface area contributed by atoms with Crippen molar-refractivity contribution >= 4 is 23.5 Å². The van der Waals surface area contributed by atoms with Crippen molar-refractivity contribution in [2.24, 2.45) is 5.92 Å². The van der Waals surface area contributed by atoms with Crippen LogP contribution in [-0.4, -0.2) is 35.5 Å². The van der Waals surface area contributed by atoms with Crippen molar-refractivity contribution < 1.29 is 18.0 Å². The molecule has 0 radical (unpaired) electrons. The van der Waals surface area contributed by atoms with Crippen LogP contribution in [0.1, 0.15) is 55.2 Å². The maximum absolute atomic E-state index is 13.2. The third-order valence-electron chi connectivity index (χ3n) is 7.15. The van der Waals surface area contributed by atoms with Crippen LogP contribution in [0.15, 0.2) is 60.7 Å². The first kappa shape index (κ1) is 28.2. The molecular weight excluding hydrogens is 505 g/mol. The highest BCUT2D eigenvalue weighted by atomic mass is 19.4. The Hall–Kier alpha value is -3.82. The molecule has 1 amide bonds. The van der Waals surface area contributed by atoms with Crippen LogP contribution >= 0.6 is 0 Å². The molecule has 1 atom stereocenters. The SMILES string of the molecule is CNc1cc(NC[C@H](C)c2ccccc2)nc(N[C@H]2CC[C@@H](C(=O)NCc3ccccc3C(F)(F)F)CC2)n1. The second-order valence-corrected chi connectivity index (χ2v) is 9.97. The molecule has 0 saturated heterocycles. The molecule has 2 aromatic carbocycles. The molecule has 1 fully saturated rings. The molecule has 1 aliphatic rings. The highest BCUT2D eigenvalue weighted by Crippen LogP contribution is 2.32. The number of hydrogen-bond donors (Lipinski definition) is 4. The van der Waals surface area contributed by atoms with E-state index in [0.717, 1.165) is 25.5 Å². The molecule has 1 aliphatic carbocycles. The second-order valence-electron chi connectivity index (χ2n) is 9.97. The Bertz CT molecular complexity index is 1230. The summed E-state index contributed by atoms with van der Waals surface area (Å²) in [6.45, 7) is 2.73. The summed E-state index contributed by atoms with van der Waals surface area (Å²) in [5.41, 5.74) is 0.597. The van der Waals surface area contributed by atoms with Gasteiger partial charge in [-0.2, -0.15) is 23.1 Å². The number of carbonyl (C=O) groups is 1. The lowest BCUT2D eigenvalue weighted by atomic mass is 9.85. The normalized spacial score (nSPS) is 18.2. The molecule has 1 saturated carbocycles. The summed E-state index contributed by atoms with van der Waals surface area (Å²) in [6.07, 6.45) is -1.71. The standard InChI is InChI=1S/C29H35F3N6O/c1-19(20-8-4-3-5-9-20)17-34-26-16-25(33-2)37-28(38-26)36-23-14-12-21(13-15-23)27(39)35-18-22-10-6-7-11-24(22)29(30,31)32/h3-11,16,19,21,23H,12-15,17-18H2,1-2H3,(H,35,39)(H3,33,34,36,37,38)/t19-,21-,23+/m0/s1. The molecule has 7 nitrogen and oxygen atoms in total. The highest BCUT2D eigenvalue weighted by Gasteiger charge is 2.33. The van der Waals surface area contributed by atoms with E-state index in [1.165, 1.54) is 17.7 Å². The van der Waals surface area contributed by atoms with Gasteiger partial charge in [-0.25, -0.2) is 0 Å². The van der Waals surface area contributed by atoms with Gasteiger partial charge in [0.15, 0.2) is 0 Å². The van der Waals surface area contributed by atoms with E-state index in [-0.39, 0.29) is 30.0 Å². The fourth-order valence-electron chi connectivity index (χ4n) is 4.85. The van der Waals surface area contributed by atoms with E-state index in [2.05, 4.69) is 50.3 Å². The van der Waals surface area contributed by atoms with Gasteiger partial charge >= 0.3 is 6.18 Å². The van der Waals surface area contributed by atoms with Gasteiger partial charge in [0.1, 0.15) is 11.6 Å². The first-order chi connectivity index (χ1) is 18.7. The summed E-state index contributed by atoms with van der Waals surface area (Å²) in [5, 5.41) is 12.6. The number of hydrogen-bond acceptors (Lipinski definition) is 6. The van der Waals surface area contributed by atoms with E-state index in [4.69, 9.17) is 0 Å². The number of halogens is 3. The number of nitrogens with zero attached hydrogens (tertiary/aromatic N) is 2. The predicted octanol–water partition coefficient (Wildman–Crippen LogP) is 6.04. The maximum Gasteiger partial charge on any atom is 0.416 e. The van der Waals surface area contributed by atoms with Crippen molar-refractivity contribution in [3.05, 3.63) is 77.4 Å². The molecule has 3 aromatic rings. The minimum absolute atomic E-state index is 0.0674. The minimum Gasteiger partial charge on any atom is -0.373 e. The van der Waals surface area contributed by atoms with E-state index in [1.807, 2.05) is 24.3 Å². The molecule has 0 unspecified atom stereocenters. The Morgan fingerprint density at radius 3 is 2.33 bits per heavy atom. The van der Waals surface area contributed by atoms with Gasteiger partial charge in [0.2, 0.25) is 11.9 Å². The lowest BCUT2D eigenvalue weighted by Crippen LogP contribution is -2.36. The van der Waals surface area contributed by atoms with E-state index >= 15 is 0 Å². The van der Waals surface area contributed by atoms with Gasteiger partial charge in [-0.3, -0.25) is 4.79 Å². The lowest BCUT2D eigenvalue weighted by molar-refractivity contribution is -0.138. The highest BCUT2D eigenvalue weighted by molar-refractivity contribution is 5.78. The van der Waals surface area contributed by atoms with Crippen molar-refractivity contribution in [1.82, 2.24) is 15.3 Å². The summed E-state index contributed by atoms with van der Waals surface area (Å²) in [5.74, 6) is 1.77. The number of rotatable bonds is 10. The van der Waals surface area contributed by atoms with Crippen molar-refractivity contribution in [3.8, 4) is 0 Å². The van der Waals surface area contributed by atoms with Gasteiger partial charge in [-0.05, 0) is 48.8 Å². The Morgan fingerprint density at radius 1 is 0.974 bits per heavy atom. The summed E-state index contributed by atoms with van der Waals surface area (Å²) < 4.78 is 39.7. The number of nitrogens with one attached hydrogen (secondary N) is 4. The van der Waals surface area contributed by atoms with Crippen molar-refractivity contribution in [1.29, 1.82) is 0 Å². The molecule has 0 bridgehead atoms. The largest absolute Gasteiger partial charge is 0.416 e. The van der Waals surface area contributed by atoms with Crippen LogP contribution in [0.3, 0.4) is 0 Å². The van der Waals surface area contributed by atoms with E-state index in [0.29, 0.717) is 36.3 Å². The van der Waals surface area contributed by atoms with Gasteiger partial charge in [0.05, 0.1) is 5.56 Å². The molecule has 4 rings (SSSR count). The number of amides is 1. The number of alkyl halides is 3. The van der Waals surface area contributed by atoms with Crippen LogP contribution in [-0.2, 0) is 17.5 Å². The van der Waals surface area contributed by atoms with Crippen LogP contribution in [0.4, 0.5) is 30.8 Å². The van der Waals surface area contributed by atoms with E-state index < -0.39 is 11.7 Å². The second kappa shape index (κ2) is 12.8. The van der Waals surface area contributed by atoms with Crippen molar-refractivity contribution in [2.75, 3.05) is 29.5 Å². The Labute approximate surface area is 227 Å². The quantitative estimate of drug-likeness (QED) is 0.251. The molecule has 0 spiro atoms. The molecule has 0 aliphatic heterocycles. The first-order valence-electron chi connectivity index (χ1n) is 13.3. The summed E-state index contributed by atoms with van der Waals surface area (Å²) >= 11 is 0. The van der Waals surface area contributed by atoms with Crippen LogP contribution in [0.2, 0.25) is 0 Å². The first-order valence-corrected chi connectivity index (χ1v) is 13.3. The molecular formula is C29H35F3N6O. The smallest absolute Gasteiger partial charge is 0.373 e. The summed E-state index contributed by atoms with van der Waals surface area (Å²) in [6, 6.07) is 17.6. The van der Waals surface area contributed by atoms with Gasteiger partial charge < -0.3 is 21.3 Å². The average Bonchev–Trinajstić information content (AvgIpc) is 2.95. The van der Waals surface area contributed by atoms with E-state index in [1.54, 1.807) is 13.1 Å². The molecule has 208 valence electrons. The zero-order valence-corrected chi connectivity index (χ0v) is 22.2. The van der Waals surface area contributed by atoms with Crippen LogP contribution in [0.5, 0.6) is 0 Å². The molecule has 1 heterocycles. The van der Waals surface area contributed by atoms with Gasteiger partial charge in [0.25, 0.3) is 0 Å². The average molecular weight is 541 g/mol. The summed E-state index contributed by atoms with van der Waals surface area (Å²) in [4.78, 5) is 21.9. The molecule has 10 heteroatoms. The molecule has 39 heavy (non-hydrogen) atoms. The number of anilines is 3. The molecule has 1 aromatic heterocycles. The fourth-order valence-corrected chi connectivity index (χ4v) is 4.85. The third kappa shape index (κ3) is 7.84. The third-order valence-corrected chi connectivity index (χ3v) is 7.15. The zero-order valence-electron chi connectivity index (χ0n) is 22.2. The van der Waals surface area contributed by atoms with Gasteiger partial charge in [-0.1, -0.05) is 55.5 Å². The Kier molecular flexibility index (Phi) is 9.27. The predicted molar refractivity (Wildman–Crippen MR) is 148 cm³/mol. The monoisotopic (exact) mass is 540 g/mol. The topological polar surface area (TPSA) is 91.0 Å². The summed E-state index contributed by atoms with van der Waals surface area (Å²) in [7, 11) is 1.80. The fraction of sp³-hybridized carbons (Fsp3) is 0.414.